The maximum atomic E-state index is 11.2. The summed E-state index contributed by atoms with van der Waals surface area (Å²) in [5, 5.41) is 3.09. The lowest BCUT2D eigenvalue weighted by molar-refractivity contribution is 0.416. The minimum absolute atomic E-state index is 0.0984. The molecule has 6 nitrogen and oxygen atoms in total. The van der Waals surface area contributed by atoms with E-state index in [1.165, 1.54) is 7.11 Å². The molecule has 0 aliphatic rings. The van der Waals surface area contributed by atoms with Crippen LogP contribution < -0.4 is 20.5 Å². The Balaban J connectivity index is 3.05. The highest BCUT2D eigenvalue weighted by molar-refractivity contribution is 7.92. The number of anilines is 1. The van der Waals surface area contributed by atoms with Crippen molar-refractivity contribution in [2.75, 3.05) is 18.1 Å². The molecule has 1 rings (SSSR count). The molecule has 4 N–H and O–H groups in total. The average molecular weight is 303 g/mol. The zero-order chi connectivity index (χ0) is 14.6. The molecule has 8 heteroatoms. The number of rotatable bonds is 5. The highest BCUT2D eigenvalue weighted by atomic mass is 32.2. The second kappa shape index (κ2) is 6.07. The summed E-state index contributed by atoms with van der Waals surface area (Å²) in [7, 11) is -1.88. The smallest absolute Gasteiger partial charge is 0.229 e. The van der Waals surface area contributed by atoms with Gasteiger partial charge in [-0.1, -0.05) is 6.07 Å². The number of hydrogen-bond acceptors (Lipinski definition) is 4. The standard InChI is InChI=1S/C11H17N3O3S2/c1-7(13-11(12)18)8-4-5-9(10(6-8)17-2)14-19(3,15)16/h4-7,14H,1-3H3,(H3,12,13,18). The van der Waals surface area contributed by atoms with E-state index in [0.717, 1.165) is 11.8 Å². The van der Waals surface area contributed by atoms with Gasteiger partial charge in [-0.3, -0.25) is 4.72 Å². The molecule has 1 aromatic rings. The van der Waals surface area contributed by atoms with E-state index in [1.54, 1.807) is 18.2 Å². The molecule has 0 bridgehead atoms. The van der Waals surface area contributed by atoms with Gasteiger partial charge >= 0.3 is 0 Å². The summed E-state index contributed by atoms with van der Waals surface area (Å²) < 4.78 is 30.0. The van der Waals surface area contributed by atoms with Crippen LogP contribution in [0.15, 0.2) is 18.2 Å². The molecule has 0 spiro atoms. The van der Waals surface area contributed by atoms with Gasteiger partial charge in [0.2, 0.25) is 10.0 Å². The quantitative estimate of drug-likeness (QED) is 0.702. The third-order valence-electron chi connectivity index (χ3n) is 2.38. The van der Waals surface area contributed by atoms with Crippen LogP contribution in [-0.2, 0) is 10.0 Å². The Morgan fingerprint density at radius 2 is 2.11 bits per heavy atom. The first-order valence-corrected chi connectivity index (χ1v) is 7.74. The number of ether oxygens (including phenoxy) is 1. The van der Waals surface area contributed by atoms with Gasteiger partial charge in [-0.15, -0.1) is 0 Å². The van der Waals surface area contributed by atoms with Crippen LogP contribution in [0.25, 0.3) is 0 Å². The van der Waals surface area contributed by atoms with Crippen molar-refractivity contribution in [3.8, 4) is 5.75 Å². The van der Waals surface area contributed by atoms with Crippen molar-refractivity contribution in [1.29, 1.82) is 0 Å². The van der Waals surface area contributed by atoms with Crippen molar-refractivity contribution < 1.29 is 13.2 Å². The van der Waals surface area contributed by atoms with E-state index >= 15 is 0 Å². The van der Waals surface area contributed by atoms with Crippen molar-refractivity contribution in [3.63, 3.8) is 0 Å². The van der Waals surface area contributed by atoms with Gasteiger partial charge in [-0.05, 0) is 36.8 Å². The third kappa shape index (κ3) is 4.92. The Morgan fingerprint density at radius 3 is 2.58 bits per heavy atom. The van der Waals surface area contributed by atoms with E-state index in [0.29, 0.717) is 11.4 Å². The first kappa shape index (κ1) is 15.5. The topological polar surface area (TPSA) is 93.4 Å². The molecule has 0 aliphatic carbocycles. The normalized spacial score (nSPS) is 12.6. The molecule has 0 saturated heterocycles. The van der Waals surface area contributed by atoms with Crippen LogP contribution in [0.4, 0.5) is 5.69 Å². The lowest BCUT2D eigenvalue weighted by Gasteiger charge is -2.17. The van der Waals surface area contributed by atoms with Gasteiger partial charge in [0, 0.05) is 0 Å². The van der Waals surface area contributed by atoms with E-state index in [4.69, 9.17) is 22.7 Å². The Labute approximate surface area is 118 Å². The minimum Gasteiger partial charge on any atom is -0.495 e. The van der Waals surface area contributed by atoms with E-state index in [9.17, 15) is 8.42 Å². The van der Waals surface area contributed by atoms with Crippen LogP contribution in [0, 0.1) is 0 Å². The molecule has 0 aromatic heterocycles. The van der Waals surface area contributed by atoms with Gasteiger partial charge < -0.3 is 15.8 Å². The predicted octanol–water partition coefficient (Wildman–Crippen LogP) is 0.961. The van der Waals surface area contributed by atoms with Gasteiger partial charge in [0.15, 0.2) is 5.11 Å². The molecular formula is C11H17N3O3S2. The van der Waals surface area contributed by atoms with Gasteiger partial charge in [0.05, 0.1) is 25.1 Å². The van der Waals surface area contributed by atoms with E-state index < -0.39 is 10.0 Å². The lowest BCUT2D eigenvalue weighted by atomic mass is 10.1. The summed E-state index contributed by atoms with van der Waals surface area (Å²) in [5.74, 6) is 0.430. The molecule has 1 atom stereocenters. The largest absolute Gasteiger partial charge is 0.495 e. The Hall–Kier alpha value is -1.54. The highest BCUT2D eigenvalue weighted by Gasteiger charge is 2.12. The number of thiocarbonyl (C=S) groups is 1. The minimum atomic E-state index is -3.35. The van der Waals surface area contributed by atoms with Crippen LogP contribution in [-0.4, -0.2) is 26.9 Å². The number of sulfonamides is 1. The maximum absolute atomic E-state index is 11.2. The van der Waals surface area contributed by atoms with Crippen molar-refractivity contribution in [2.24, 2.45) is 5.73 Å². The Morgan fingerprint density at radius 1 is 1.47 bits per heavy atom. The molecule has 106 valence electrons. The Kier molecular flexibility index (Phi) is 4.96. The molecule has 0 saturated carbocycles. The van der Waals surface area contributed by atoms with Crippen LogP contribution in [0.1, 0.15) is 18.5 Å². The highest BCUT2D eigenvalue weighted by Crippen LogP contribution is 2.28. The van der Waals surface area contributed by atoms with Crippen molar-refractivity contribution >= 4 is 33.0 Å². The average Bonchev–Trinajstić information content (AvgIpc) is 2.26. The fourth-order valence-electron chi connectivity index (χ4n) is 1.56. The van der Waals surface area contributed by atoms with Crippen molar-refractivity contribution in [1.82, 2.24) is 5.32 Å². The summed E-state index contributed by atoms with van der Waals surface area (Å²) in [6.45, 7) is 1.89. The molecular weight excluding hydrogens is 286 g/mol. The number of methoxy groups -OCH3 is 1. The van der Waals surface area contributed by atoms with Crippen LogP contribution in [0.5, 0.6) is 5.75 Å². The fourth-order valence-corrected chi connectivity index (χ4v) is 2.30. The molecule has 0 heterocycles. The van der Waals surface area contributed by atoms with E-state index in [-0.39, 0.29) is 11.2 Å². The van der Waals surface area contributed by atoms with Crippen LogP contribution in [0.3, 0.4) is 0 Å². The SMILES string of the molecule is COc1cc(C(C)NC(N)=S)ccc1NS(C)(=O)=O. The summed E-state index contributed by atoms with van der Waals surface area (Å²) in [5.41, 5.74) is 6.68. The second-order valence-corrected chi connectivity index (χ2v) is 6.25. The van der Waals surface area contributed by atoms with E-state index in [2.05, 4.69) is 10.0 Å². The summed E-state index contributed by atoms with van der Waals surface area (Å²) in [6, 6.07) is 5.03. The molecule has 0 fully saturated rings. The van der Waals surface area contributed by atoms with Crippen LogP contribution >= 0.6 is 12.2 Å². The van der Waals surface area contributed by atoms with Gasteiger partial charge in [0.1, 0.15) is 5.75 Å². The predicted molar refractivity (Wildman–Crippen MR) is 79.8 cm³/mol. The summed E-state index contributed by atoms with van der Waals surface area (Å²) in [4.78, 5) is 0. The third-order valence-corrected chi connectivity index (χ3v) is 3.09. The monoisotopic (exact) mass is 303 g/mol. The zero-order valence-corrected chi connectivity index (χ0v) is 12.6. The molecule has 1 aromatic carbocycles. The van der Waals surface area contributed by atoms with E-state index in [1.807, 2.05) is 6.92 Å². The van der Waals surface area contributed by atoms with Crippen molar-refractivity contribution in [3.05, 3.63) is 23.8 Å². The van der Waals surface area contributed by atoms with Crippen LogP contribution in [0.2, 0.25) is 0 Å². The maximum Gasteiger partial charge on any atom is 0.229 e. The number of hydrogen-bond donors (Lipinski definition) is 3. The lowest BCUT2D eigenvalue weighted by Crippen LogP contribution is -2.31. The zero-order valence-electron chi connectivity index (χ0n) is 10.9. The number of nitrogens with two attached hydrogens (primary N) is 1. The van der Waals surface area contributed by atoms with Gasteiger partial charge in [-0.2, -0.15) is 0 Å². The molecule has 1 unspecified atom stereocenters. The second-order valence-electron chi connectivity index (χ2n) is 4.06. The fraction of sp³-hybridized carbons (Fsp3) is 0.364. The molecule has 0 radical (unpaired) electrons. The first-order valence-electron chi connectivity index (χ1n) is 5.44. The number of benzene rings is 1. The number of nitrogens with one attached hydrogen (secondary N) is 2. The van der Waals surface area contributed by atoms with Gasteiger partial charge in [0.25, 0.3) is 0 Å². The first-order chi connectivity index (χ1) is 8.73. The van der Waals surface area contributed by atoms with Gasteiger partial charge in [-0.25, -0.2) is 8.42 Å². The van der Waals surface area contributed by atoms with Crippen molar-refractivity contribution in [2.45, 2.75) is 13.0 Å². The molecule has 0 amide bonds. The summed E-state index contributed by atoms with van der Waals surface area (Å²) in [6.07, 6.45) is 1.08. The molecule has 19 heavy (non-hydrogen) atoms. The molecule has 0 aliphatic heterocycles. The Bertz CT molecular complexity index is 573. The summed E-state index contributed by atoms with van der Waals surface area (Å²) >= 11 is 4.77.